The number of rotatable bonds is 2. The summed E-state index contributed by atoms with van der Waals surface area (Å²) in [4.78, 5) is 12.1. The maximum atomic E-state index is 12.1. The maximum absolute atomic E-state index is 12.1. The summed E-state index contributed by atoms with van der Waals surface area (Å²) in [7, 11) is 0. The Morgan fingerprint density at radius 3 is 2.50 bits per heavy atom. The molecule has 3 heteroatoms. The Morgan fingerprint density at radius 1 is 1.25 bits per heavy atom. The molecule has 2 bridgehead atoms. The van der Waals surface area contributed by atoms with Crippen LogP contribution >= 0.6 is 0 Å². The molecule has 2 atom stereocenters. The van der Waals surface area contributed by atoms with E-state index in [1.54, 1.807) is 0 Å². The predicted octanol–water partition coefficient (Wildman–Crippen LogP) is 3.62. The van der Waals surface area contributed by atoms with Gasteiger partial charge in [-0.25, -0.2) is 5.43 Å². The fourth-order valence-corrected chi connectivity index (χ4v) is 3.87. The summed E-state index contributed by atoms with van der Waals surface area (Å²) in [6, 6.07) is 9.25. The second kappa shape index (κ2) is 4.44. The van der Waals surface area contributed by atoms with Gasteiger partial charge in [0.1, 0.15) is 0 Å². The van der Waals surface area contributed by atoms with Gasteiger partial charge in [-0.05, 0) is 42.7 Å². The Hall–Kier alpha value is -1.64. The third-order valence-corrected chi connectivity index (χ3v) is 5.84. The Labute approximate surface area is 120 Å². The first-order valence-corrected chi connectivity index (χ1v) is 7.37. The summed E-state index contributed by atoms with van der Waals surface area (Å²) in [6.45, 7) is 6.98. The van der Waals surface area contributed by atoms with Crippen molar-refractivity contribution in [3.63, 3.8) is 0 Å². The maximum Gasteiger partial charge on any atom is 0.271 e. The highest BCUT2D eigenvalue weighted by Gasteiger charge is 2.59. The molecule has 0 heterocycles. The molecule has 0 unspecified atom stereocenters. The lowest BCUT2D eigenvalue weighted by Crippen LogP contribution is -2.34. The summed E-state index contributed by atoms with van der Waals surface area (Å²) in [5.41, 5.74) is 5.00. The molecule has 3 rings (SSSR count). The van der Waals surface area contributed by atoms with Crippen LogP contribution < -0.4 is 5.43 Å². The van der Waals surface area contributed by atoms with Gasteiger partial charge in [0.2, 0.25) is 0 Å². The van der Waals surface area contributed by atoms with Gasteiger partial charge < -0.3 is 0 Å². The van der Waals surface area contributed by atoms with Crippen LogP contribution in [-0.2, 0) is 0 Å². The van der Waals surface area contributed by atoms with Gasteiger partial charge in [-0.3, -0.25) is 4.79 Å². The van der Waals surface area contributed by atoms with Crippen molar-refractivity contribution in [2.45, 2.75) is 40.0 Å². The SMILES string of the molecule is CC1(C)[C@@H]2CC[C@@]1(C)/C(=N\NC(=O)c1ccccc1)C2. The molecule has 1 N–H and O–H groups in total. The standard InChI is InChI=1S/C17H22N2O/c1-16(2)13-9-10-17(16,3)14(11-13)18-19-15(20)12-7-5-4-6-8-12/h4-8,13H,9-11H2,1-3H3,(H,19,20)/b18-14-/t13-,17+/m1/s1. The minimum atomic E-state index is -0.123. The first kappa shape index (κ1) is 13.3. The van der Waals surface area contributed by atoms with E-state index >= 15 is 0 Å². The van der Waals surface area contributed by atoms with E-state index in [2.05, 4.69) is 31.3 Å². The van der Waals surface area contributed by atoms with Crippen LogP contribution in [0.4, 0.5) is 0 Å². The van der Waals surface area contributed by atoms with Crippen molar-refractivity contribution in [3.8, 4) is 0 Å². The molecular formula is C17H22N2O. The van der Waals surface area contributed by atoms with Gasteiger partial charge in [-0.2, -0.15) is 5.10 Å². The zero-order chi connectivity index (χ0) is 14.4. The summed E-state index contributed by atoms with van der Waals surface area (Å²) in [5, 5.41) is 4.47. The molecular weight excluding hydrogens is 248 g/mol. The molecule has 1 aromatic carbocycles. The number of hydrogen-bond donors (Lipinski definition) is 1. The summed E-state index contributed by atoms with van der Waals surface area (Å²) in [6.07, 6.45) is 3.50. The molecule has 1 amide bonds. The minimum absolute atomic E-state index is 0.123. The van der Waals surface area contributed by atoms with E-state index in [1.807, 2.05) is 30.3 Å². The number of benzene rings is 1. The average Bonchev–Trinajstić information content (AvgIpc) is 2.78. The van der Waals surface area contributed by atoms with E-state index in [0.29, 0.717) is 16.9 Å². The molecule has 0 aromatic heterocycles. The lowest BCUT2D eigenvalue weighted by molar-refractivity contribution is 0.0954. The lowest BCUT2D eigenvalue weighted by atomic mass is 9.70. The van der Waals surface area contributed by atoms with E-state index in [0.717, 1.165) is 6.42 Å². The van der Waals surface area contributed by atoms with Gasteiger partial charge in [0.25, 0.3) is 5.91 Å². The summed E-state index contributed by atoms with van der Waals surface area (Å²) >= 11 is 0. The first-order chi connectivity index (χ1) is 9.45. The van der Waals surface area contributed by atoms with Gasteiger partial charge in [0.15, 0.2) is 0 Å². The van der Waals surface area contributed by atoms with Crippen LogP contribution in [0.15, 0.2) is 35.4 Å². The van der Waals surface area contributed by atoms with Crippen molar-refractivity contribution < 1.29 is 4.79 Å². The Balaban J connectivity index is 1.77. The van der Waals surface area contributed by atoms with Gasteiger partial charge in [-0.15, -0.1) is 0 Å². The third kappa shape index (κ3) is 1.80. The van der Waals surface area contributed by atoms with Gasteiger partial charge in [-0.1, -0.05) is 39.0 Å². The van der Waals surface area contributed by atoms with Crippen LogP contribution in [-0.4, -0.2) is 11.6 Å². The van der Waals surface area contributed by atoms with Crippen molar-refractivity contribution in [1.29, 1.82) is 0 Å². The minimum Gasteiger partial charge on any atom is -0.267 e. The molecule has 20 heavy (non-hydrogen) atoms. The Bertz CT molecular complexity index is 562. The number of amides is 1. The van der Waals surface area contributed by atoms with Crippen LogP contribution in [0.25, 0.3) is 0 Å². The largest absolute Gasteiger partial charge is 0.271 e. The van der Waals surface area contributed by atoms with Crippen molar-refractivity contribution in [3.05, 3.63) is 35.9 Å². The number of carbonyl (C=O) groups is 1. The molecule has 1 aromatic rings. The van der Waals surface area contributed by atoms with Crippen molar-refractivity contribution >= 4 is 11.6 Å². The van der Waals surface area contributed by atoms with Crippen LogP contribution in [0.3, 0.4) is 0 Å². The van der Waals surface area contributed by atoms with E-state index in [-0.39, 0.29) is 11.3 Å². The third-order valence-electron chi connectivity index (χ3n) is 5.84. The normalized spacial score (nSPS) is 32.5. The molecule has 3 nitrogen and oxygen atoms in total. The summed E-state index contributed by atoms with van der Waals surface area (Å²) in [5.74, 6) is 0.585. The van der Waals surface area contributed by atoms with Crippen molar-refractivity contribution in [2.24, 2.45) is 21.8 Å². The molecule has 2 fully saturated rings. The number of fused-ring (bicyclic) bond motifs is 2. The molecule has 2 aliphatic rings. The van der Waals surface area contributed by atoms with E-state index in [4.69, 9.17) is 0 Å². The second-order valence-electron chi connectivity index (χ2n) is 6.86. The van der Waals surface area contributed by atoms with Crippen LogP contribution in [0.1, 0.15) is 50.4 Å². The molecule has 0 saturated heterocycles. The zero-order valence-electron chi connectivity index (χ0n) is 12.4. The Kier molecular flexibility index (Phi) is 2.96. The van der Waals surface area contributed by atoms with Crippen LogP contribution in [0.5, 0.6) is 0 Å². The summed E-state index contributed by atoms with van der Waals surface area (Å²) < 4.78 is 0. The smallest absolute Gasteiger partial charge is 0.267 e. The number of hydrazone groups is 1. The monoisotopic (exact) mass is 270 g/mol. The highest BCUT2D eigenvalue weighted by atomic mass is 16.2. The number of nitrogens with one attached hydrogen (secondary N) is 1. The van der Waals surface area contributed by atoms with E-state index in [9.17, 15) is 4.79 Å². The molecule has 0 spiro atoms. The van der Waals surface area contributed by atoms with Gasteiger partial charge in [0, 0.05) is 16.7 Å². The topological polar surface area (TPSA) is 41.5 Å². The number of hydrogen-bond acceptors (Lipinski definition) is 2. The lowest BCUT2D eigenvalue weighted by Gasteiger charge is -2.34. The first-order valence-electron chi connectivity index (χ1n) is 7.37. The quantitative estimate of drug-likeness (QED) is 0.819. The van der Waals surface area contributed by atoms with E-state index < -0.39 is 0 Å². The molecule has 0 aliphatic heterocycles. The van der Waals surface area contributed by atoms with E-state index in [1.165, 1.54) is 18.6 Å². The van der Waals surface area contributed by atoms with Crippen LogP contribution in [0.2, 0.25) is 0 Å². The zero-order valence-corrected chi connectivity index (χ0v) is 12.4. The predicted molar refractivity (Wildman–Crippen MR) is 80.6 cm³/mol. The van der Waals surface area contributed by atoms with Crippen LogP contribution in [0, 0.1) is 16.7 Å². The van der Waals surface area contributed by atoms with Gasteiger partial charge >= 0.3 is 0 Å². The number of nitrogens with zero attached hydrogens (tertiary/aromatic N) is 1. The van der Waals surface area contributed by atoms with Crippen molar-refractivity contribution in [1.82, 2.24) is 5.43 Å². The Morgan fingerprint density at radius 2 is 1.95 bits per heavy atom. The fourth-order valence-electron chi connectivity index (χ4n) is 3.87. The highest BCUT2D eigenvalue weighted by Crippen LogP contribution is 2.63. The van der Waals surface area contributed by atoms with Gasteiger partial charge in [0.05, 0.1) is 0 Å². The molecule has 2 saturated carbocycles. The number of carbonyl (C=O) groups excluding carboxylic acids is 1. The molecule has 0 radical (unpaired) electrons. The second-order valence-corrected chi connectivity index (χ2v) is 6.86. The average molecular weight is 270 g/mol. The molecule has 2 aliphatic carbocycles. The van der Waals surface area contributed by atoms with Crippen molar-refractivity contribution in [2.75, 3.05) is 0 Å². The fraction of sp³-hybridized carbons (Fsp3) is 0.529. The molecule has 106 valence electrons. The highest BCUT2D eigenvalue weighted by molar-refractivity contribution is 5.98.